The van der Waals surface area contributed by atoms with Crippen LogP contribution < -0.4 is 16.4 Å². The second-order valence-electron chi connectivity index (χ2n) is 4.54. The minimum Gasteiger partial charge on any atom is -0.397 e. The number of amides is 1. The summed E-state index contributed by atoms with van der Waals surface area (Å²) in [4.78, 5) is 13.0. The quantitative estimate of drug-likeness (QED) is 0.684. The third kappa shape index (κ3) is 4.47. The van der Waals surface area contributed by atoms with Gasteiger partial charge in [0, 0.05) is 23.5 Å². The monoisotopic (exact) mass is 367 g/mol. The van der Waals surface area contributed by atoms with Gasteiger partial charge in [0.05, 0.1) is 15.2 Å². The van der Waals surface area contributed by atoms with Gasteiger partial charge in [0.15, 0.2) is 0 Å². The molecule has 21 heavy (non-hydrogen) atoms. The maximum atomic E-state index is 11.7. The fourth-order valence-corrected chi connectivity index (χ4v) is 3.42. The number of carbonyl (C=O) groups excluding carboxylic acids is 1. The molecular weight excluding hydrogens is 350 g/mol. The molecule has 0 bridgehead atoms. The first-order chi connectivity index (χ1) is 10.1. The number of thiophene rings is 1. The summed E-state index contributed by atoms with van der Waals surface area (Å²) in [7, 11) is 0. The average Bonchev–Trinajstić information content (AvgIpc) is 2.86. The van der Waals surface area contributed by atoms with Crippen molar-refractivity contribution in [2.45, 2.75) is 13.3 Å². The zero-order valence-corrected chi connectivity index (χ0v) is 14.2. The van der Waals surface area contributed by atoms with E-state index < -0.39 is 0 Å². The number of anilines is 2. The largest absolute Gasteiger partial charge is 0.397 e. The van der Waals surface area contributed by atoms with E-state index in [9.17, 15) is 4.79 Å². The number of nitrogens with one attached hydrogen (secondary N) is 2. The van der Waals surface area contributed by atoms with E-state index in [1.54, 1.807) is 23.5 Å². The Balaban J connectivity index is 1.93. The van der Waals surface area contributed by atoms with Crippen LogP contribution in [0.2, 0.25) is 0 Å². The molecule has 4 nitrogen and oxygen atoms in total. The van der Waals surface area contributed by atoms with E-state index in [1.165, 1.54) is 4.88 Å². The van der Waals surface area contributed by atoms with Crippen LogP contribution in [-0.2, 0) is 6.42 Å². The molecule has 0 saturated heterocycles. The maximum Gasteiger partial charge on any atom is 0.251 e. The Bertz CT molecular complexity index is 627. The Hall–Kier alpha value is -1.53. The lowest BCUT2D eigenvalue weighted by atomic mass is 10.1. The minimum atomic E-state index is -0.0980. The molecular formula is C15H18BrN3OS. The summed E-state index contributed by atoms with van der Waals surface area (Å²) in [5.41, 5.74) is 8.03. The maximum absolute atomic E-state index is 11.7. The van der Waals surface area contributed by atoms with Gasteiger partial charge in [-0.2, -0.15) is 0 Å². The Kier molecular flexibility index (Phi) is 5.64. The molecule has 0 fully saturated rings. The first kappa shape index (κ1) is 15.9. The summed E-state index contributed by atoms with van der Waals surface area (Å²) in [6, 6.07) is 9.50. The number of hydrogen-bond acceptors (Lipinski definition) is 4. The molecule has 0 spiro atoms. The van der Waals surface area contributed by atoms with Gasteiger partial charge in [0.1, 0.15) is 0 Å². The van der Waals surface area contributed by atoms with Crippen LogP contribution >= 0.6 is 27.3 Å². The van der Waals surface area contributed by atoms with Crippen LogP contribution in [-0.4, -0.2) is 19.0 Å². The molecule has 0 atom stereocenters. The van der Waals surface area contributed by atoms with E-state index in [2.05, 4.69) is 38.7 Å². The van der Waals surface area contributed by atoms with Crippen LogP contribution in [0.25, 0.3) is 0 Å². The topological polar surface area (TPSA) is 67.2 Å². The lowest BCUT2D eigenvalue weighted by Gasteiger charge is -2.10. The number of halogens is 1. The first-order valence-corrected chi connectivity index (χ1v) is 8.37. The van der Waals surface area contributed by atoms with E-state index in [-0.39, 0.29) is 5.91 Å². The number of carbonyl (C=O) groups is 1. The molecule has 2 rings (SSSR count). The predicted octanol–water partition coefficient (Wildman–Crippen LogP) is 3.50. The highest BCUT2D eigenvalue weighted by Crippen LogP contribution is 2.23. The highest BCUT2D eigenvalue weighted by Gasteiger charge is 2.07. The lowest BCUT2D eigenvalue weighted by molar-refractivity contribution is 0.0956. The van der Waals surface area contributed by atoms with E-state index in [4.69, 9.17) is 5.73 Å². The normalized spacial score (nSPS) is 10.4. The molecule has 1 heterocycles. The molecule has 4 N–H and O–H groups in total. The Morgan fingerprint density at radius 3 is 2.76 bits per heavy atom. The van der Waals surface area contributed by atoms with Crippen molar-refractivity contribution in [1.29, 1.82) is 0 Å². The Labute approximate surface area is 136 Å². The number of benzene rings is 1. The number of hydrogen-bond donors (Lipinski definition) is 3. The van der Waals surface area contributed by atoms with Gasteiger partial charge in [0.2, 0.25) is 0 Å². The second-order valence-corrected chi connectivity index (χ2v) is 7.09. The molecule has 112 valence electrons. The van der Waals surface area contributed by atoms with Crippen molar-refractivity contribution in [3.05, 3.63) is 44.6 Å². The van der Waals surface area contributed by atoms with Crippen LogP contribution in [0.3, 0.4) is 0 Å². The summed E-state index contributed by atoms with van der Waals surface area (Å²) in [5.74, 6) is -0.0980. The molecule has 0 radical (unpaired) electrons. The van der Waals surface area contributed by atoms with Crippen molar-refractivity contribution in [3.8, 4) is 0 Å². The van der Waals surface area contributed by atoms with Crippen LogP contribution in [0.15, 0.2) is 34.1 Å². The second kappa shape index (κ2) is 7.47. The molecule has 0 saturated carbocycles. The molecule has 6 heteroatoms. The molecule has 1 aromatic heterocycles. The van der Waals surface area contributed by atoms with Gasteiger partial charge in [-0.05, 0) is 59.6 Å². The number of nitrogen functional groups attached to an aromatic ring is 1. The average molecular weight is 368 g/mol. The first-order valence-electron chi connectivity index (χ1n) is 6.76. The molecule has 1 aromatic carbocycles. The van der Waals surface area contributed by atoms with E-state index in [0.29, 0.717) is 17.8 Å². The van der Waals surface area contributed by atoms with Gasteiger partial charge in [-0.15, -0.1) is 11.3 Å². The fourth-order valence-electron chi connectivity index (χ4n) is 1.93. The van der Waals surface area contributed by atoms with E-state index in [0.717, 1.165) is 22.4 Å². The molecule has 0 aliphatic rings. The lowest BCUT2D eigenvalue weighted by Crippen LogP contribution is -2.22. The van der Waals surface area contributed by atoms with Crippen molar-refractivity contribution < 1.29 is 4.79 Å². The zero-order chi connectivity index (χ0) is 15.2. The van der Waals surface area contributed by atoms with Gasteiger partial charge in [-0.25, -0.2) is 0 Å². The van der Waals surface area contributed by atoms with Gasteiger partial charge < -0.3 is 16.4 Å². The highest BCUT2D eigenvalue weighted by molar-refractivity contribution is 9.11. The number of nitrogens with two attached hydrogens (primary N) is 1. The highest BCUT2D eigenvalue weighted by atomic mass is 79.9. The van der Waals surface area contributed by atoms with Crippen molar-refractivity contribution in [3.63, 3.8) is 0 Å². The summed E-state index contributed by atoms with van der Waals surface area (Å²) >= 11 is 5.19. The summed E-state index contributed by atoms with van der Waals surface area (Å²) in [6.45, 7) is 3.30. The van der Waals surface area contributed by atoms with Gasteiger partial charge in [-0.1, -0.05) is 0 Å². The van der Waals surface area contributed by atoms with Crippen LogP contribution in [0, 0.1) is 0 Å². The fraction of sp³-hybridized carbons (Fsp3) is 0.267. The summed E-state index contributed by atoms with van der Waals surface area (Å²) in [5, 5.41) is 6.06. The SMILES string of the molecule is CCNC(=O)c1ccc(NCCc2ccc(Br)s2)c(N)c1. The summed E-state index contributed by atoms with van der Waals surface area (Å²) in [6.07, 6.45) is 0.938. The van der Waals surface area contributed by atoms with Gasteiger partial charge in [-0.3, -0.25) is 4.79 Å². The van der Waals surface area contributed by atoms with E-state index >= 15 is 0 Å². The molecule has 0 aliphatic carbocycles. The van der Waals surface area contributed by atoms with Gasteiger partial charge in [0.25, 0.3) is 5.91 Å². The zero-order valence-electron chi connectivity index (χ0n) is 11.8. The van der Waals surface area contributed by atoms with Crippen LogP contribution in [0.5, 0.6) is 0 Å². The van der Waals surface area contributed by atoms with Gasteiger partial charge >= 0.3 is 0 Å². The van der Waals surface area contributed by atoms with Crippen LogP contribution in [0.4, 0.5) is 11.4 Å². The minimum absolute atomic E-state index is 0.0980. The molecule has 0 unspecified atom stereocenters. The smallest absolute Gasteiger partial charge is 0.251 e. The van der Waals surface area contributed by atoms with Crippen molar-refractivity contribution in [2.24, 2.45) is 0 Å². The summed E-state index contributed by atoms with van der Waals surface area (Å²) < 4.78 is 1.14. The van der Waals surface area contributed by atoms with Crippen LogP contribution in [0.1, 0.15) is 22.2 Å². The number of rotatable bonds is 6. The molecule has 1 amide bonds. The van der Waals surface area contributed by atoms with Crippen molar-refractivity contribution in [1.82, 2.24) is 5.32 Å². The third-order valence-electron chi connectivity index (χ3n) is 2.97. The third-order valence-corrected chi connectivity index (χ3v) is 4.65. The van der Waals surface area contributed by atoms with Crippen molar-refractivity contribution in [2.75, 3.05) is 24.1 Å². The van der Waals surface area contributed by atoms with Crippen molar-refractivity contribution >= 4 is 44.5 Å². The predicted molar refractivity (Wildman–Crippen MR) is 93.1 cm³/mol. The Morgan fingerprint density at radius 2 is 2.14 bits per heavy atom. The Morgan fingerprint density at radius 1 is 1.33 bits per heavy atom. The standard InChI is InChI=1S/C15H18BrN3OS/c1-2-18-15(20)10-3-5-13(12(17)9-10)19-8-7-11-4-6-14(16)21-11/h3-6,9,19H,2,7-8,17H2,1H3,(H,18,20). The van der Waals surface area contributed by atoms with E-state index in [1.807, 2.05) is 13.0 Å². The molecule has 0 aliphatic heterocycles. The molecule has 2 aromatic rings.